The largest absolute Gasteiger partial charge is 0.426 e. The molecule has 2 N–H and O–H groups in total. The summed E-state index contributed by atoms with van der Waals surface area (Å²) in [4.78, 5) is 10.9. The summed E-state index contributed by atoms with van der Waals surface area (Å²) in [5.74, 6) is 0.0196. The molecule has 0 aliphatic carbocycles. The molecule has 13 heavy (non-hydrogen) atoms. The average Bonchev–Trinajstić information content (AvgIpc) is 2.03. The lowest BCUT2D eigenvalue weighted by Crippen LogP contribution is -2.13. The molecule has 1 aromatic rings. The van der Waals surface area contributed by atoms with E-state index in [9.17, 15) is 4.79 Å². The van der Waals surface area contributed by atoms with Crippen LogP contribution in [0.4, 0.5) is 0 Å². The first-order valence-corrected chi connectivity index (χ1v) is 4.09. The molecule has 0 aliphatic rings. The SMILES string of the molecule is CC(=O)Oc1ccccc1C(N)=S. The summed E-state index contributed by atoms with van der Waals surface area (Å²) in [5, 5.41) is 0. The number of nitrogens with two attached hydrogens (primary N) is 1. The Morgan fingerprint density at radius 3 is 2.62 bits per heavy atom. The molecule has 68 valence electrons. The van der Waals surface area contributed by atoms with E-state index >= 15 is 0 Å². The van der Waals surface area contributed by atoms with Crippen molar-refractivity contribution in [3.63, 3.8) is 0 Å². The van der Waals surface area contributed by atoms with E-state index < -0.39 is 0 Å². The number of hydrogen-bond donors (Lipinski definition) is 1. The van der Waals surface area contributed by atoms with Crippen molar-refractivity contribution in [3.05, 3.63) is 29.8 Å². The monoisotopic (exact) mass is 195 g/mol. The zero-order valence-corrected chi connectivity index (χ0v) is 7.93. The molecular formula is C9H9NO2S. The zero-order valence-electron chi connectivity index (χ0n) is 7.11. The minimum atomic E-state index is -0.385. The standard InChI is InChI=1S/C9H9NO2S/c1-6(11)12-8-5-3-2-4-7(8)9(10)13/h2-5H,1H3,(H2,10,13). The van der Waals surface area contributed by atoms with Crippen LogP contribution in [-0.2, 0) is 4.79 Å². The van der Waals surface area contributed by atoms with Crippen molar-refractivity contribution < 1.29 is 9.53 Å². The molecule has 0 bridgehead atoms. The maximum absolute atomic E-state index is 10.7. The van der Waals surface area contributed by atoms with E-state index in [0.717, 1.165) is 0 Å². The van der Waals surface area contributed by atoms with Gasteiger partial charge < -0.3 is 10.5 Å². The van der Waals surface area contributed by atoms with Gasteiger partial charge in [0, 0.05) is 6.92 Å². The first kappa shape index (κ1) is 9.67. The number of rotatable bonds is 2. The van der Waals surface area contributed by atoms with Gasteiger partial charge in [0.1, 0.15) is 10.7 Å². The summed E-state index contributed by atoms with van der Waals surface area (Å²) < 4.78 is 4.90. The second-order valence-corrected chi connectivity index (χ2v) is 2.89. The second kappa shape index (κ2) is 4.00. The number of carbonyl (C=O) groups is 1. The van der Waals surface area contributed by atoms with Crippen molar-refractivity contribution in [1.29, 1.82) is 0 Å². The minimum absolute atomic E-state index is 0.219. The molecule has 0 aliphatic heterocycles. The maximum Gasteiger partial charge on any atom is 0.308 e. The molecule has 4 heteroatoms. The van der Waals surface area contributed by atoms with Gasteiger partial charge in [-0.05, 0) is 12.1 Å². The van der Waals surface area contributed by atoms with E-state index in [1.165, 1.54) is 6.92 Å². The van der Waals surface area contributed by atoms with Gasteiger partial charge in [-0.2, -0.15) is 0 Å². The van der Waals surface area contributed by atoms with Crippen LogP contribution >= 0.6 is 12.2 Å². The molecule has 0 fully saturated rings. The Labute approximate surface area is 81.5 Å². The average molecular weight is 195 g/mol. The van der Waals surface area contributed by atoms with Crippen LogP contribution in [0.3, 0.4) is 0 Å². The summed E-state index contributed by atoms with van der Waals surface area (Å²) >= 11 is 4.79. The van der Waals surface area contributed by atoms with Crippen LogP contribution in [0.1, 0.15) is 12.5 Å². The van der Waals surface area contributed by atoms with Crippen molar-refractivity contribution in [2.24, 2.45) is 5.73 Å². The Morgan fingerprint density at radius 2 is 2.08 bits per heavy atom. The highest BCUT2D eigenvalue weighted by molar-refractivity contribution is 7.80. The van der Waals surface area contributed by atoms with E-state index in [2.05, 4.69) is 0 Å². The fourth-order valence-electron chi connectivity index (χ4n) is 0.914. The third-order valence-electron chi connectivity index (χ3n) is 1.41. The summed E-state index contributed by atoms with van der Waals surface area (Å²) in [5.41, 5.74) is 6.01. The summed E-state index contributed by atoms with van der Waals surface area (Å²) in [6.45, 7) is 1.33. The third kappa shape index (κ3) is 2.52. The van der Waals surface area contributed by atoms with Crippen LogP contribution in [-0.4, -0.2) is 11.0 Å². The maximum atomic E-state index is 10.7. The van der Waals surface area contributed by atoms with Gasteiger partial charge in [-0.1, -0.05) is 24.4 Å². The van der Waals surface area contributed by atoms with Gasteiger partial charge in [-0.25, -0.2) is 0 Å². The van der Waals surface area contributed by atoms with Gasteiger partial charge in [0.2, 0.25) is 0 Å². The fraction of sp³-hybridized carbons (Fsp3) is 0.111. The van der Waals surface area contributed by atoms with Gasteiger partial charge >= 0.3 is 5.97 Å². The zero-order chi connectivity index (χ0) is 9.84. The van der Waals surface area contributed by atoms with Gasteiger partial charge in [-0.15, -0.1) is 0 Å². The smallest absolute Gasteiger partial charge is 0.308 e. The van der Waals surface area contributed by atoms with Crippen molar-refractivity contribution in [3.8, 4) is 5.75 Å². The summed E-state index contributed by atoms with van der Waals surface area (Å²) in [6.07, 6.45) is 0. The molecule has 0 saturated heterocycles. The Balaban J connectivity index is 3.04. The highest BCUT2D eigenvalue weighted by Gasteiger charge is 2.06. The van der Waals surface area contributed by atoms with Crippen LogP contribution in [0.5, 0.6) is 5.75 Å². The quantitative estimate of drug-likeness (QED) is 0.438. The molecule has 0 amide bonds. The first-order valence-electron chi connectivity index (χ1n) is 3.68. The molecule has 0 unspecified atom stereocenters. The van der Waals surface area contributed by atoms with Gasteiger partial charge in [-0.3, -0.25) is 4.79 Å². The van der Waals surface area contributed by atoms with E-state index in [1.54, 1.807) is 24.3 Å². The lowest BCUT2D eigenvalue weighted by molar-refractivity contribution is -0.131. The summed E-state index contributed by atoms with van der Waals surface area (Å²) in [6, 6.07) is 6.89. The van der Waals surface area contributed by atoms with Crippen LogP contribution < -0.4 is 10.5 Å². The van der Waals surface area contributed by atoms with E-state index in [1.807, 2.05) is 0 Å². The lowest BCUT2D eigenvalue weighted by Gasteiger charge is -2.06. The van der Waals surface area contributed by atoms with Crippen LogP contribution in [0.25, 0.3) is 0 Å². The minimum Gasteiger partial charge on any atom is -0.426 e. The number of benzene rings is 1. The van der Waals surface area contributed by atoms with Crippen molar-refractivity contribution in [2.45, 2.75) is 6.92 Å². The van der Waals surface area contributed by atoms with Crippen molar-refractivity contribution in [1.82, 2.24) is 0 Å². The molecule has 0 radical (unpaired) electrons. The molecule has 0 heterocycles. The topological polar surface area (TPSA) is 52.3 Å². The third-order valence-corrected chi connectivity index (χ3v) is 1.63. The van der Waals surface area contributed by atoms with Crippen LogP contribution in [0.15, 0.2) is 24.3 Å². The molecule has 0 aromatic heterocycles. The van der Waals surface area contributed by atoms with Crippen LogP contribution in [0, 0.1) is 0 Å². The number of ether oxygens (including phenoxy) is 1. The highest BCUT2D eigenvalue weighted by Crippen LogP contribution is 2.17. The van der Waals surface area contributed by atoms with Gasteiger partial charge in [0.15, 0.2) is 0 Å². The fourth-order valence-corrected chi connectivity index (χ4v) is 1.08. The molecule has 0 spiro atoms. The number of thiocarbonyl (C=S) groups is 1. The van der Waals surface area contributed by atoms with E-state index in [0.29, 0.717) is 11.3 Å². The Hall–Kier alpha value is -1.42. The number of hydrogen-bond acceptors (Lipinski definition) is 3. The van der Waals surface area contributed by atoms with E-state index in [4.69, 9.17) is 22.7 Å². The predicted octanol–water partition coefficient (Wildman–Crippen LogP) is 1.25. The Kier molecular flexibility index (Phi) is 2.97. The molecule has 1 rings (SSSR count). The second-order valence-electron chi connectivity index (χ2n) is 2.45. The summed E-state index contributed by atoms with van der Waals surface area (Å²) in [7, 11) is 0. The first-order chi connectivity index (χ1) is 6.11. The van der Waals surface area contributed by atoms with E-state index in [-0.39, 0.29) is 11.0 Å². The van der Waals surface area contributed by atoms with Gasteiger partial charge in [0.05, 0.1) is 5.56 Å². The van der Waals surface area contributed by atoms with Crippen LogP contribution in [0.2, 0.25) is 0 Å². The van der Waals surface area contributed by atoms with Crippen molar-refractivity contribution in [2.75, 3.05) is 0 Å². The van der Waals surface area contributed by atoms with Crippen molar-refractivity contribution >= 4 is 23.2 Å². The molecule has 1 aromatic carbocycles. The van der Waals surface area contributed by atoms with Gasteiger partial charge in [0.25, 0.3) is 0 Å². The molecule has 0 atom stereocenters. The number of para-hydroxylation sites is 1. The Morgan fingerprint density at radius 1 is 1.46 bits per heavy atom. The molecular weight excluding hydrogens is 186 g/mol. The number of esters is 1. The Bertz CT molecular complexity index is 349. The number of carbonyl (C=O) groups excluding carboxylic acids is 1. The lowest BCUT2D eigenvalue weighted by atomic mass is 10.2. The molecule has 0 saturated carbocycles. The highest BCUT2D eigenvalue weighted by atomic mass is 32.1. The molecule has 3 nitrogen and oxygen atoms in total. The normalized spacial score (nSPS) is 9.31. The predicted molar refractivity (Wildman–Crippen MR) is 53.6 cm³/mol.